The van der Waals surface area contributed by atoms with Crippen molar-refractivity contribution in [2.45, 2.75) is 33.1 Å². The van der Waals surface area contributed by atoms with E-state index in [1.54, 1.807) is 11.8 Å². The molecule has 1 unspecified atom stereocenters. The average Bonchev–Trinajstić information content (AvgIpc) is 2.48. The van der Waals surface area contributed by atoms with E-state index in [2.05, 4.69) is 0 Å². The van der Waals surface area contributed by atoms with E-state index in [1.165, 1.54) is 0 Å². The van der Waals surface area contributed by atoms with Gasteiger partial charge in [0, 0.05) is 25.6 Å². The van der Waals surface area contributed by atoms with Crippen LogP contribution in [0.25, 0.3) is 0 Å². The molecular formula is C15H19NO3. The average molecular weight is 261 g/mol. The lowest BCUT2D eigenvalue weighted by molar-refractivity contribution is -0.138. The first-order valence-electron chi connectivity index (χ1n) is 6.57. The lowest BCUT2D eigenvalue weighted by Crippen LogP contribution is -2.30. The topological polar surface area (TPSA) is 57.6 Å². The minimum Gasteiger partial charge on any atom is -0.481 e. The molecule has 1 aromatic rings. The first kappa shape index (κ1) is 13.6. The van der Waals surface area contributed by atoms with Crippen molar-refractivity contribution in [1.29, 1.82) is 0 Å². The van der Waals surface area contributed by atoms with Crippen molar-refractivity contribution in [2.24, 2.45) is 5.92 Å². The van der Waals surface area contributed by atoms with Gasteiger partial charge in [-0.2, -0.15) is 0 Å². The number of anilines is 1. The minimum absolute atomic E-state index is 0.0199. The number of para-hydroxylation sites is 1. The number of carboxylic acid groups (broad SMARTS) is 1. The van der Waals surface area contributed by atoms with E-state index in [9.17, 15) is 9.59 Å². The number of fused-ring (bicyclic) bond motifs is 1. The van der Waals surface area contributed by atoms with Gasteiger partial charge in [-0.15, -0.1) is 0 Å². The summed E-state index contributed by atoms with van der Waals surface area (Å²) in [5.41, 5.74) is 3.13. The Hall–Kier alpha value is -1.84. The van der Waals surface area contributed by atoms with Crippen LogP contribution in [0.4, 0.5) is 5.69 Å². The van der Waals surface area contributed by atoms with Gasteiger partial charge in [0.2, 0.25) is 5.91 Å². The van der Waals surface area contributed by atoms with Crippen LogP contribution in [0.2, 0.25) is 0 Å². The zero-order valence-electron chi connectivity index (χ0n) is 11.3. The summed E-state index contributed by atoms with van der Waals surface area (Å²) in [5.74, 6) is -0.649. The Bertz CT molecular complexity index is 510. The maximum Gasteiger partial charge on any atom is 0.303 e. The molecule has 0 saturated heterocycles. The summed E-state index contributed by atoms with van der Waals surface area (Å²) in [5, 5.41) is 8.95. The number of hydrogen-bond acceptors (Lipinski definition) is 2. The second kappa shape index (κ2) is 5.43. The molecule has 1 N–H and O–H groups in total. The monoisotopic (exact) mass is 261 g/mol. The number of rotatable bonds is 2. The molecule has 4 nitrogen and oxygen atoms in total. The van der Waals surface area contributed by atoms with Gasteiger partial charge >= 0.3 is 5.97 Å². The molecule has 0 bridgehead atoms. The number of nitrogens with zero attached hydrogens (tertiary/aromatic N) is 1. The number of carboxylic acids is 1. The third-order valence-corrected chi connectivity index (χ3v) is 3.70. The number of benzene rings is 1. The standard InChI is InChI=1S/C15H19NO3/c1-10-4-3-5-13-8-12(9-14(18)19)6-7-16(11(2)17)15(10)13/h3-5,12H,6-9H2,1-2H3,(H,18,19). The van der Waals surface area contributed by atoms with Gasteiger partial charge in [-0.05, 0) is 36.8 Å². The summed E-state index contributed by atoms with van der Waals surface area (Å²) >= 11 is 0. The Morgan fingerprint density at radius 1 is 1.42 bits per heavy atom. The molecule has 19 heavy (non-hydrogen) atoms. The van der Waals surface area contributed by atoms with Gasteiger partial charge in [0.15, 0.2) is 0 Å². The maximum atomic E-state index is 11.8. The summed E-state index contributed by atoms with van der Waals surface area (Å²) < 4.78 is 0. The predicted molar refractivity (Wildman–Crippen MR) is 73.3 cm³/mol. The quantitative estimate of drug-likeness (QED) is 0.889. The molecule has 1 aliphatic rings. The van der Waals surface area contributed by atoms with Gasteiger partial charge in [0.1, 0.15) is 0 Å². The van der Waals surface area contributed by atoms with Crippen LogP contribution in [0.1, 0.15) is 30.9 Å². The van der Waals surface area contributed by atoms with Crippen molar-refractivity contribution >= 4 is 17.6 Å². The Balaban J connectivity index is 2.38. The summed E-state index contributed by atoms with van der Waals surface area (Å²) in [7, 11) is 0. The van der Waals surface area contributed by atoms with Crippen LogP contribution in [0.3, 0.4) is 0 Å². The highest BCUT2D eigenvalue weighted by molar-refractivity contribution is 5.93. The zero-order valence-corrected chi connectivity index (χ0v) is 11.3. The second-order valence-corrected chi connectivity index (χ2v) is 5.21. The van der Waals surface area contributed by atoms with Crippen molar-refractivity contribution in [2.75, 3.05) is 11.4 Å². The highest BCUT2D eigenvalue weighted by Crippen LogP contribution is 2.33. The largest absolute Gasteiger partial charge is 0.481 e. The molecule has 0 radical (unpaired) electrons. The number of carbonyl (C=O) groups excluding carboxylic acids is 1. The molecule has 1 aliphatic heterocycles. The van der Waals surface area contributed by atoms with Gasteiger partial charge in [-0.1, -0.05) is 18.2 Å². The van der Waals surface area contributed by atoms with E-state index in [4.69, 9.17) is 5.11 Å². The fourth-order valence-corrected chi connectivity index (χ4v) is 2.84. The SMILES string of the molecule is CC(=O)N1CCC(CC(=O)O)Cc2cccc(C)c21. The summed E-state index contributed by atoms with van der Waals surface area (Å²) in [6.45, 7) is 4.16. The Kier molecular flexibility index (Phi) is 3.88. The van der Waals surface area contributed by atoms with Crippen LogP contribution in [-0.2, 0) is 16.0 Å². The van der Waals surface area contributed by atoms with Crippen molar-refractivity contribution in [3.8, 4) is 0 Å². The predicted octanol–water partition coefficient (Wildman–Crippen LogP) is 2.39. The normalized spacial score (nSPS) is 18.6. The van der Waals surface area contributed by atoms with E-state index >= 15 is 0 Å². The first-order chi connectivity index (χ1) is 8.99. The van der Waals surface area contributed by atoms with Gasteiger partial charge in [-0.25, -0.2) is 0 Å². The number of amides is 1. The molecule has 0 spiro atoms. The Morgan fingerprint density at radius 2 is 2.16 bits per heavy atom. The second-order valence-electron chi connectivity index (χ2n) is 5.21. The zero-order chi connectivity index (χ0) is 14.0. The van der Waals surface area contributed by atoms with Gasteiger partial charge in [0.25, 0.3) is 0 Å². The van der Waals surface area contributed by atoms with Crippen molar-refractivity contribution in [3.05, 3.63) is 29.3 Å². The fourth-order valence-electron chi connectivity index (χ4n) is 2.84. The number of carbonyl (C=O) groups is 2. The van der Waals surface area contributed by atoms with Crippen molar-refractivity contribution < 1.29 is 14.7 Å². The number of hydrogen-bond donors (Lipinski definition) is 1. The molecule has 102 valence electrons. The molecule has 0 aromatic heterocycles. The van der Waals surface area contributed by atoms with Crippen LogP contribution in [0.5, 0.6) is 0 Å². The number of aryl methyl sites for hydroxylation is 1. The highest BCUT2D eigenvalue weighted by atomic mass is 16.4. The van der Waals surface area contributed by atoms with E-state index in [-0.39, 0.29) is 18.2 Å². The lowest BCUT2D eigenvalue weighted by Gasteiger charge is -2.23. The smallest absolute Gasteiger partial charge is 0.303 e. The van der Waals surface area contributed by atoms with E-state index < -0.39 is 5.97 Å². The summed E-state index contributed by atoms with van der Waals surface area (Å²) in [6, 6.07) is 5.96. The molecule has 0 fully saturated rings. The molecule has 2 rings (SSSR count). The van der Waals surface area contributed by atoms with Crippen LogP contribution in [0, 0.1) is 12.8 Å². The molecule has 1 amide bonds. The van der Waals surface area contributed by atoms with Crippen molar-refractivity contribution in [3.63, 3.8) is 0 Å². The van der Waals surface area contributed by atoms with E-state index in [0.29, 0.717) is 6.54 Å². The van der Waals surface area contributed by atoms with E-state index in [1.807, 2.05) is 25.1 Å². The molecule has 1 heterocycles. The van der Waals surface area contributed by atoms with Crippen LogP contribution < -0.4 is 4.90 Å². The molecule has 1 atom stereocenters. The molecule has 1 aromatic carbocycles. The number of aliphatic carboxylic acids is 1. The first-order valence-corrected chi connectivity index (χ1v) is 6.57. The Labute approximate surface area is 113 Å². The van der Waals surface area contributed by atoms with E-state index in [0.717, 1.165) is 29.7 Å². The third kappa shape index (κ3) is 2.95. The highest BCUT2D eigenvalue weighted by Gasteiger charge is 2.25. The van der Waals surface area contributed by atoms with Crippen LogP contribution >= 0.6 is 0 Å². The Morgan fingerprint density at radius 3 is 2.79 bits per heavy atom. The molecule has 4 heteroatoms. The minimum atomic E-state index is -0.768. The van der Waals surface area contributed by atoms with Crippen LogP contribution in [-0.4, -0.2) is 23.5 Å². The molecular weight excluding hydrogens is 242 g/mol. The van der Waals surface area contributed by atoms with Crippen molar-refractivity contribution in [1.82, 2.24) is 0 Å². The third-order valence-electron chi connectivity index (χ3n) is 3.70. The summed E-state index contributed by atoms with van der Waals surface area (Å²) in [4.78, 5) is 24.5. The van der Waals surface area contributed by atoms with Gasteiger partial charge < -0.3 is 10.0 Å². The van der Waals surface area contributed by atoms with Crippen LogP contribution in [0.15, 0.2) is 18.2 Å². The summed E-state index contributed by atoms with van der Waals surface area (Å²) in [6.07, 6.45) is 1.63. The maximum absolute atomic E-state index is 11.8. The lowest BCUT2D eigenvalue weighted by atomic mass is 9.93. The molecule has 0 saturated carbocycles. The fraction of sp³-hybridized carbons (Fsp3) is 0.467. The van der Waals surface area contributed by atoms with Gasteiger partial charge in [0.05, 0.1) is 0 Å². The van der Waals surface area contributed by atoms with Gasteiger partial charge in [-0.3, -0.25) is 9.59 Å². The molecule has 0 aliphatic carbocycles.